The Bertz CT molecular complexity index is 1170. The predicted octanol–water partition coefficient (Wildman–Crippen LogP) is 4.65. The number of nitrogens with zero attached hydrogens (tertiary/aromatic N) is 1. The normalized spacial score (nSPS) is 10.6. The van der Waals surface area contributed by atoms with Crippen LogP contribution in [-0.4, -0.2) is 36.2 Å². The number of rotatable bonds is 8. The third-order valence-corrected chi connectivity index (χ3v) is 4.65. The van der Waals surface area contributed by atoms with E-state index in [1.165, 1.54) is 0 Å². The van der Waals surface area contributed by atoms with Crippen molar-refractivity contribution in [3.8, 4) is 28.6 Å². The molecule has 7 nitrogen and oxygen atoms in total. The van der Waals surface area contributed by atoms with Crippen molar-refractivity contribution < 1.29 is 19.0 Å². The third kappa shape index (κ3) is 4.61. The van der Waals surface area contributed by atoms with Gasteiger partial charge in [-0.25, -0.2) is 4.98 Å². The average Bonchev–Trinajstić information content (AvgIpc) is 3.23. The van der Waals surface area contributed by atoms with E-state index in [4.69, 9.17) is 14.2 Å². The number of anilines is 1. The summed E-state index contributed by atoms with van der Waals surface area (Å²) in [6, 6.07) is 20.6. The Kier molecular flexibility index (Phi) is 6.03. The Morgan fingerprint density at radius 3 is 2.58 bits per heavy atom. The number of fused-ring (bicyclic) bond motifs is 1. The monoisotopic (exact) mass is 417 g/mol. The van der Waals surface area contributed by atoms with Gasteiger partial charge in [-0.05, 0) is 49.4 Å². The molecule has 3 aromatic carbocycles. The molecule has 0 spiro atoms. The second-order valence-corrected chi connectivity index (χ2v) is 6.73. The summed E-state index contributed by atoms with van der Waals surface area (Å²) in [5.74, 6) is 2.06. The number of hydrogen-bond donors (Lipinski definition) is 2. The third-order valence-electron chi connectivity index (χ3n) is 4.65. The number of carbonyl (C=O) groups excluding carboxylic acids is 1. The Morgan fingerprint density at radius 2 is 1.77 bits per heavy atom. The van der Waals surface area contributed by atoms with Crippen molar-refractivity contribution in [2.24, 2.45) is 0 Å². The van der Waals surface area contributed by atoms with Crippen LogP contribution in [0.4, 0.5) is 5.69 Å². The van der Waals surface area contributed by atoms with Crippen LogP contribution in [-0.2, 0) is 4.79 Å². The van der Waals surface area contributed by atoms with Crippen LogP contribution in [0.3, 0.4) is 0 Å². The molecule has 1 aromatic heterocycles. The minimum Gasteiger partial charge on any atom is -0.495 e. The van der Waals surface area contributed by atoms with Crippen LogP contribution in [0.15, 0.2) is 66.7 Å². The van der Waals surface area contributed by atoms with Gasteiger partial charge in [-0.1, -0.05) is 24.3 Å². The van der Waals surface area contributed by atoms with E-state index < -0.39 is 0 Å². The van der Waals surface area contributed by atoms with Gasteiger partial charge in [0.25, 0.3) is 5.91 Å². The van der Waals surface area contributed by atoms with Crippen molar-refractivity contribution >= 4 is 22.6 Å². The van der Waals surface area contributed by atoms with Gasteiger partial charge >= 0.3 is 0 Å². The van der Waals surface area contributed by atoms with E-state index >= 15 is 0 Å². The van der Waals surface area contributed by atoms with Crippen LogP contribution in [0.2, 0.25) is 0 Å². The van der Waals surface area contributed by atoms with Crippen LogP contribution in [0, 0.1) is 0 Å². The summed E-state index contributed by atoms with van der Waals surface area (Å²) in [6.45, 7) is 2.20. The van der Waals surface area contributed by atoms with Crippen molar-refractivity contribution in [2.45, 2.75) is 6.92 Å². The lowest BCUT2D eigenvalue weighted by Gasteiger charge is -2.14. The zero-order valence-corrected chi connectivity index (χ0v) is 17.3. The van der Waals surface area contributed by atoms with Gasteiger partial charge in [0, 0.05) is 5.56 Å². The highest BCUT2D eigenvalue weighted by Crippen LogP contribution is 2.33. The highest BCUT2D eigenvalue weighted by atomic mass is 16.5. The van der Waals surface area contributed by atoms with E-state index in [1.807, 2.05) is 55.5 Å². The lowest BCUT2D eigenvalue weighted by atomic mass is 10.2. The summed E-state index contributed by atoms with van der Waals surface area (Å²) >= 11 is 0. The molecule has 4 rings (SSSR count). The fourth-order valence-electron chi connectivity index (χ4n) is 3.21. The minimum absolute atomic E-state index is 0.165. The molecule has 1 amide bonds. The molecule has 1 heterocycles. The zero-order chi connectivity index (χ0) is 21.6. The maximum Gasteiger partial charge on any atom is 0.262 e. The maximum atomic E-state index is 12.4. The predicted molar refractivity (Wildman–Crippen MR) is 120 cm³/mol. The molecule has 4 aromatic rings. The molecule has 0 aliphatic carbocycles. The van der Waals surface area contributed by atoms with Gasteiger partial charge in [0.1, 0.15) is 11.6 Å². The van der Waals surface area contributed by atoms with Crippen molar-refractivity contribution in [3.63, 3.8) is 0 Å². The molecule has 158 valence electrons. The van der Waals surface area contributed by atoms with Gasteiger partial charge in [-0.2, -0.15) is 0 Å². The van der Waals surface area contributed by atoms with E-state index in [0.717, 1.165) is 22.4 Å². The molecule has 0 bridgehead atoms. The van der Waals surface area contributed by atoms with Gasteiger partial charge in [-0.3, -0.25) is 4.79 Å². The molecule has 0 aliphatic rings. The molecule has 0 unspecified atom stereocenters. The molecular formula is C24H23N3O4. The number of imidazole rings is 1. The molecule has 0 aliphatic heterocycles. The Hall–Kier alpha value is -4.00. The smallest absolute Gasteiger partial charge is 0.262 e. The van der Waals surface area contributed by atoms with Gasteiger partial charge < -0.3 is 24.5 Å². The topological polar surface area (TPSA) is 85.5 Å². The summed E-state index contributed by atoms with van der Waals surface area (Å²) < 4.78 is 16.7. The SMILES string of the molecule is CCOc1cc(-c2nc3ccccc3[nH]2)ccc1OCC(=O)Nc1ccccc1OC. The highest BCUT2D eigenvalue weighted by molar-refractivity contribution is 5.93. The lowest BCUT2D eigenvalue weighted by Crippen LogP contribution is -2.20. The Balaban J connectivity index is 1.49. The minimum atomic E-state index is -0.298. The number of H-pyrrole nitrogens is 1. The molecule has 0 saturated carbocycles. The quantitative estimate of drug-likeness (QED) is 0.436. The lowest BCUT2D eigenvalue weighted by molar-refractivity contribution is -0.118. The van der Waals surface area contributed by atoms with E-state index in [2.05, 4.69) is 15.3 Å². The molecule has 0 atom stereocenters. The summed E-state index contributed by atoms with van der Waals surface area (Å²) in [7, 11) is 1.55. The van der Waals surface area contributed by atoms with Crippen LogP contribution >= 0.6 is 0 Å². The van der Waals surface area contributed by atoms with E-state index in [0.29, 0.717) is 29.5 Å². The second kappa shape index (κ2) is 9.21. The number of hydrogen-bond acceptors (Lipinski definition) is 5. The molecule has 7 heteroatoms. The maximum absolute atomic E-state index is 12.4. The van der Waals surface area contributed by atoms with Gasteiger partial charge in [0.2, 0.25) is 0 Å². The molecule has 0 saturated heterocycles. The molecule has 31 heavy (non-hydrogen) atoms. The van der Waals surface area contributed by atoms with Gasteiger partial charge in [-0.15, -0.1) is 0 Å². The van der Waals surface area contributed by atoms with E-state index in [1.54, 1.807) is 25.3 Å². The standard InChI is InChI=1S/C24H23N3O4/c1-3-30-22-14-16(24-26-17-8-4-5-9-18(17)27-24)12-13-21(22)31-15-23(28)25-19-10-6-7-11-20(19)29-2/h4-14H,3,15H2,1-2H3,(H,25,28)(H,26,27). The first-order valence-corrected chi connectivity index (χ1v) is 9.95. The number of carbonyl (C=O) groups is 1. The van der Waals surface area contributed by atoms with Gasteiger partial charge in [0.05, 0.1) is 30.4 Å². The number of benzene rings is 3. The van der Waals surface area contributed by atoms with Gasteiger partial charge in [0.15, 0.2) is 18.1 Å². The number of nitrogens with one attached hydrogen (secondary N) is 2. The zero-order valence-electron chi connectivity index (χ0n) is 17.3. The van der Waals surface area contributed by atoms with E-state index in [-0.39, 0.29) is 12.5 Å². The first-order chi connectivity index (χ1) is 15.2. The van der Waals surface area contributed by atoms with Crippen molar-refractivity contribution in [3.05, 3.63) is 66.7 Å². The average molecular weight is 417 g/mol. The van der Waals surface area contributed by atoms with Crippen molar-refractivity contribution in [1.82, 2.24) is 9.97 Å². The van der Waals surface area contributed by atoms with E-state index in [9.17, 15) is 4.79 Å². The second-order valence-electron chi connectivity index (χ2n) is 6.73. The summed E-state index contributed by atoms with van der Waals surface area (Å²) in [5, 5.41) is 2.79. The van der Waals surface area contributed by atoms with Crippen molar-refractivity contribution in [1.29, 1.82) is 0 Å². The summed E-state index contributed by atoms with van der Waals surface area (Å²) in [4.78, 5) is 20.3. The Labute approximate surface area is 180 Å². The highest BCUT2D eigenvalue weighted by Gasteiger charge is 2.13. The van der Waals surface area contributed by atoms with Crippen LogP contribution in [0.5, 0.6) is 17.2 Å². The number of methoxy groups -OCH3 is 1. The number of ether oxygens (including phenoxy) is 3. The van der Waals surface area contributed by atoms with Crippen molar-refractivity contribution in [2.75, 3.05) is 25.6 Å². The first kappa shape index (κ1) is 20.3. The molecular weight excluding hydrogens is 394 g/mol. The fraction of sp³-hybridized carbons (Fsp3) is 0.167. The number of amides is 1. The molecule has 0 radical (unpaired) electrons. The first-order valence-electron chi connectivity index (χ1n) is 9.95. The van der Waals surface area contributed by atoms with Crippen LogP contribution in [0.25, 0.3) is 22.4 Å². The molecule has 2 N–H and O–H groups in total. The largest absolute Gasteiger partial charge is 0.495 e. The Morgan fingerprint density at radius 1 is 0.968 bits per heavy atom. The number of para-hydroxylation sites is 4. The van der Waals surface area contributed by atoms with Crippen LogP contribution < -0.4 is 19.5 Å². The fourth-order valence-corrected chi connectivity index (χ4v) is 3.21. The summed E-state index contributed by atoms with van der Waals surface area (Å²) in [6.07, 6.45) is 0. The van der Waals surface area contributed by atoms with Crippen LogP contribution in [0.1, 0.15) is 6.92 Å². The number of aromatic nitrogens is 2. The summed E-state index contributed by atoms with van der Waals surface area (Å²) in [5.41, 5.74) is 3.31. The molecule has 0 fully saturated rings. The number of aromatic amines is 1.